The van der Waals surface area contributed by atoms with Crippen LogP contribution in [0.3, 0.4) is 0 Å². The monoisotopic (exact) mass is 326 g/mol. The number of nitrogens with zero attached hydrogens (tertiary/aromatic N) is 4. The summed E-state index contributed by atoms with van der Waals surface area (Å²) in [5.41, 5.74) is 0. The van der Waals surface area contributed by atoms with E-state index < -0.39 is 0 Å². The third-order valence-corrected chi connectivity index (χ3v) is 3.98. The maximum atomic E-state index is 4.68. The summed E-state index contributed by atoms with van der Waals surface area (Å²) in [5.74, 6) is 2.01. The van der Waals surface area contributed by atoms with Crippen molar-refractivity contribution in [1.29, 1.82) is 0 Å². The van der Waals surface area contributed by atoms with Crippen LogP contribution < -0.4 is 4.90 Å². The van der Waals surface area contributed by atoms with E-state index in [4.69, 9.17) is 0 Å². The SMILES string of the molecule is CCCc1nc(Br)cc(N2CCN(C(C)C)CC2)n1. The molecule has 1 aromatic rings. The maximum absolute atomic E-state index is 4.68. The van der Waals surface area contributed by atoms with E-state index in [0.29, 0.717) is 6.04 Å². The van der Waals surface area contributed by atoms with Crippen molar-refractivity contribution >= 4 is 21.7 Å². The molecule has 1 aliphatic rings. The summed E-state index contributed by atoms with van der Waals surface area (Å²) < 4.78 is 0.896. The van der Waals surface area contributed by atoms with E-state index in [9.17, 15) is 0 Å². The van der Waals surface area contributed by atoms with Gasteiger partial charge in [0.1, 0.15) is 16.2 Å². The molecule has 0 aromatic carbocycles. The molecule has 5 heteroatoms. The molecule has 1 aliphatic heterocycles. The Morgan fingerprint density at radius 3 is 2.47 bits per heavy atom. The lowest BCUT2D eigenvalue weighted by atomic mass is 10.2. The summed E-state index contributed by atoms with van der Waals surface area (Å²) in [4.78, 5) is 14.0. The molecule has 0 unspecified atom stereocenters. The lowest BCUT2D eigenvalue weighted by molar-refractivity contribution is 0.209. The van der Waals surface area contributed by atoms with E-state index in [0.717, 1.165) is 55.3 Å². The number of aromatic nitrogens is 2. The number of piperazine rings is 1. The highest BCUT2D eigenvalue weighted by Gasteiger charge is 2.20. The number of rotatable bonds is 4. The van der Waals surface area contributed by atoms with Gasteiger partial charge in [0.15, 0.2) is 0 Å². The molecule has 1 saturated heterocycles. The topological polar surface area (TPSA) is 32.3 Å². The molecule has 0 spiro atoms. The van der Waals surface area contributed by atoms with Crippen LogP contribution in [0.4, 0.5) is 5.82 Å². The molecule has 0 bridgehead atoms. The number of hydrogen-bond donors (Lipinski definition) is 0. The summed E-state index contributed by atoms with van der Waals surface area (Å²) >= 11 is 3.50. The molecule has 0 atom stereocenters. The molecule has 4 nitrogen and oxygen atoms in total. The fourth-order valence-corrected chi connectivity index (χ4v) is 2.83. The fourth-order valence-electron chi connectivity index (χ4n) is 2.42. The summed E-state index contributed by atoms with van der Waals surface area (Å²) in [6.45, 7) is 11.0. The first-order chi connectivity index (χ1) is 9.10. The minimum absolute atomic E-state index is 0.634. The highest BCUT2D eigenvalue weighted by atomic mass is 79.9. The molecule has 0 saturated carbocycles. The Bertz CT molecular complexity index is 414. The van der Waals surface area contributed by atoms with Crippen LogP contribution in [0.1, 0.15) is 33.0 Å². The molecule has 106 valence electrons. The van der Waals surface area contributed by atoms with Gasteiger partial charge in [-0.3, -0.25) is 4.90 Å². The lowest BCUT2D eigenvalue weighted by Crippen LogP contribution is -2.49. The third-order valence-electron chi connectivity index (χ3n) is 3.57. The fraction of sp³-hybridized carbons (Fsp3) is 0.714. The van der Waals surface area contributed by atoms with Gasteiger partial charge in [-0.05, 0) is 36.2 Å². The van der Waals surface area contributed by atoms with Gasteiger partial charge in [-0.2, -0.15) is 0 Å². The predicted octanol–water partition coefficient (Wildman–Crippen LogP) is 2.72. The summed E-state index contributed by atoms with van der Waals surface area (Å²) in [7, 11) is 0. The van der Waals surface area contributed by atoms with Crippen molar-refractivity contribution in [3.05, 3.63) is 16.5 Å². The zero-order valence-corrected chi connectivity index (χ0v) is 13.7. The maximum Gasteiger partial charge on any atom is 0.133 e. The van der Waals surface area contributed by atoms with Gasteiger partial charge in [0, 0.05) is 44.7 Å². The van der Waals surface area contributed by atoms with Crippen LogP contribution in [-0.4, -0.2) is 47.1 Å². The second-order valence-electron chi connectivity index (χ2n) is 5.33. The average molecular weight is 327 g/mol. The highest BCUT2D eigenvalue weighted by Crippen LogP contribution is 2.19. The minimum atomic E-state index is 0.634. The smallest absolute Gasteiger partial charge is 0.133 e. The van der Waals surface area contributed by atoms with Gasteiger partial charge in [-0.15, -0.1) is 0 Å². The Morgan fingerprint density at radius 1 is 1.21 bits per heavy atom. The van der Waals surface area contributed by atoms with Crippen LogP contribution in [0.5, 0.6) is 0 Å². The molecule has 0 N–H and O–H groups in total. The highest BCUT2D eigenvalue weighted by molar-refractivity contribution is 9.10. The van der Waals surface area contributed by atoms with E-state index in [1.165, 1.54) is 0 Å². The van der Waals surface area contributed by atoms with E-state index in [-0.39, 0.29) is 0 Å². The molecule has 2 rings (SSSR count). The molecular formula is C14H23BrN4. The summed E-state index contributed by atoms with van der Waals surface area (Å²) in [5, 5.41) is 0. The minimum Gasteiger partial charge on any atom is -0.354 e. The van der Waals surface area contributed by atoms with Gasteiger partial charge in [0.25, 0.3) is 0 Å². The Balaban J connectivity index is 2.06. The van der Waals surface area contributed by atoms with Gasteiger partial charge in [-0.25, -0.2) is 9.97 Å². The van der Waals surface area contributed by atoms with E-state index in [1.807, 2.05) is 6.07 Å². The number of anilines is 1. The zero-order chi connectivity index (χ0) is 13.8. The van der Waals surface area contributed by atoms with Crippen LogP contribution in [-0.2, 0) is 6.42 Å². The zero-order valence-electron chi connectivity index (χ0n) is 12.1. The van der Waals surface area contributed by atoms with E-state index in [2.05, 4.69) is 56.5 Å². The van der Waals surface area contributed by atoms with Crippen molar-refractivity contribution in [3.63, 3.8) is 0 Å². The van der Waals surface area contributed by atoms with Crippen molar-refractivity contribution < 1.29 is 0 Å². The number of halogens is 1. The molecule has 2 heterocycles. The van der Waals surface area contributed by atoms with Crippen LogP contribution >= 0.6 is 15.9 Å². The van der Waals surface area contributed by atoms with Crippen LogP contribution in [0.2, 0.25) is 0 Å². The quantitative estimate of drug-likeness (QED) is 0.796. The van der Waals surface area contributed by atoms with Gasteiger partial charge < -0.3 is 4.90 Å². The first-order valence-electron chi connectivity index (χ1n) is 7.12. The third kappa shape index (κ3) is 3.89. The molecule has 0 radical (unpaired) electrons. The molecule has 1 fully saturated rings. The first-order valence-corrected chi connectivity index (χ1v) is 7.92. The van der Waals surface area contributed by atoms with Gasteiger partial charge in [-0.1, -0.05) is 6.92 Å². The normalized spacial score (nSPS) is 17.2. The second-order valence-corrected chi connectivity index (χ2v) is 6.14. The van der Waals surface area contributed by atoms with E-state index >= 15 is 0 Å². The van der Waals surface area contributed by atoms with E-state index in [1.54, 1.807) is 0 Å². The van der Waals surface area contributed by atoms with Crippen molar-refractivity contribution in [2.45, 2.75) is 39.7 Å². The van der Waals surface area contributed by atoms with Gasteiger partial charge >= 0.3 is 0 Å². The molecule has 0 amide bonds. The Kier molecular flexibility index (Phi) is 5.16. The molecular weight excluding hydrogens is 304 g/mol. The Labute approximate surface area is 124 Å². The number of aryl methyl sites for hydroxylation is 1. The first kappa shape index (κ1) is 14.7. The lowest BCUT2D eigenvalue weighted by Gasteiger charge is -2.37. The summed E-state index contributed by atoms with van der Waals surface area (Å²) in [6, 6.07) is 2.67. The average Bonchev–Trinajstić information content (AvgIpc) is 2.38. The van der Waals surface area contributed by atoms with Crippen LogP contribution in [0.25, 0.3) is 0 Å². The van der Waals surface area contributed by atoms with Gasteiger partial charge in [0.05, 0.1) is 0 Å². The van der Waals surface area contributed by atoms with Crippen molar-refractivity contribution in [1.82, 2.24) is 14.9 Å². The van der Waals surface area contributed by atoms with Crippen molar-refractivity contribution in [2.24, 2.45) is 0 Å². The molecule has 1 aromatic heterocycles. The largest absolute Gasteiger partial charge is 0.354 e. The standard InChI is InChI=1S/C14H23BrN4/c1-4-5-13-16-12(15)10-14(17-13)19-8-6-18(7-9-19)11(2)3/h10-11H,4-9H2,1-3H3. The molecule has 0 aliphatic carbocycles. The number of hydrogen-bond acceptors (Lipinski definition) is 4. The van der Waals surface area contributed by atoms with Crippen molar-refractivity contribution in [3.8, 4) is 0 Å². The van der Waals surface area contributed by atoms with Crippen LogP contribution in [0, 0.1) is 0 Å². The predicted molar refractivity (Wildman–Crippen MR) is 82.6 cm³/mol. The Hall–Kier alpha value is -0.680. The van der Waals surface area contributed by atoms with Gasteiger partial charge in [0.2, 0.25) is 0 Å². The van der Waals surface area contributed by atoms with Crippen molar-refractivity contribution in [2.75, 3.05) is 31.1 Å². The summed E-state index contributed by atoms with van der Waals surface area (Å²) in [6.07, 6.45) is 2.02. The second kappa shape index (κ2) is 6.66. The molecule has 19 heavy (non-hydrogen) atoms. The Morgan fingerprint density at radius 2 is 1.89 bits per heavy atom. The van der Waals surface area contributed by atoms with Crippen LogP contribution in [0.15, 0.2) is 10.7 Å².